The second-order valence-electron chi connectivity index (χ2n) is 7.47. The first kappa shape index (κ1) is 19.9. The Balaban J connectivity index is 1.50. The molecular weight excluding hydrogens is 336 g/mol. The van der Waals surface area contributed by atoms with E-state index < -0.39 is 0 Å². The molecular formula is C23H32N2O2. The van der Waals surface area contributed by atoms with Gasteiger partial charge in [-0.3, -0.25) is 4.90 Å². The number of likely N-dealkylation sites (tertiary alicyclic amines) is 1. The van der Waals surface area contributed by atoms with Gasteiger partial charge in [-0.15, -0.1) is 0 Å². The van der Waals surface area contributed by atoms with E-state index in [-0.39, 0.29) is 6.61 Å². The largest absolute Gasteiger partial charge is 0.491 e. The van der Waals surface area contributed by atoms with Crippen molar-refractivity contribution in [2.24, 2.45) is 0 Å². The molecule has 2 aromatic carbocycles. The predicted octanol–water partition coefficient (Wildman–Crippen LogP) is 3.20. The minimum absolute atomic E-state index is 0.0490. The van der Waals surface area contributed by atoms with Gasteiger partial charge in [0.2, 0.25) is 0 Å². The molecule has 1 saturated heterocycles. The van der Waals surface area contributed by atoms with Crippen molar-refractivity contribution in [2.45, 2.75) is 31.8 Å². The van der Waals surface area contributed by atoms with Crippen LogP contribution in [0, 0.1) is 0 Å². The molecule has 2 aromatic rings. The van der Waals surface area contributed by atoms with Gasteiger partial charge in [-0.05, 0) is 56.1 Å². The molecule has 4 heteroatoms. The molecule has 1 atom stereocenters. The van der Waals surface area contributed by atoms with Crippen molar-refractivity contribution in [3.05, 3.63) is 65.7 Å². The number of rotatable bonds is 9. The Labute approximate surface area is 163 Å². The van der Waals surface area contributed by atoms with Crippen molar-refractivity contribution in [3.8, 4) is 5.75 Å². The molecule has 1 fully saturated rings. The van der Waals surface area contributed by atoms with Crippen LogP contribution in [0.4, 0.5) is 0 Å². The van der Waals surface area contributed by atoms with Crippen LogP contribution in [0.1, 0.15) is 24.0 Å². The monoisotopic (exact) mass is 368 g/mol. The molecule has 0 radical (unpaired) electrons. The zero-order chi connectivity index (χ0) is 18.9. The standard InChI is InChI=1S/C23H32N2O2/c1-24(14-12-20-7-3-2-4-8-20)22-10-6-13-25(19-22)18-21-9-5-11-23(17-21)27-16-15-26/h2-5,7-9,11,17,22,26H,6,10,12-16,18-19H2,1H3. The summed E-state index contributed by atoms with van der Waals surface area (Å²) >= 11 is 0. The maximum Gasteiger partial charge on any atom is 0.119 e. The number of likely N-dealkylation sites (N-methyl/N-ethyl adjacent to an activating group) is 1. The first-order valence-electron chi connectivity index (χ1n) is 10.0. The van der Waals surface area contributed by atoms with E-state index in [9.17, 15) is 0 Å². The van der Waals surface area contributed by atoms with Crippen LogP contribution < -0.4 is 4.74 Å². The quantitative estimate of drug-likeness (QED) is 0.737. The Morgan fingerprint density at radius 3 is 2.74 bits per heavy atom. The van der Waals surface area contributed by atoms with Crippen LogP contribution in [0.2, 0.25) is 0 Å². The second-order valence-corrected chi connectivity index (χ2v) is 7.47. The minimum Gasteiger partial charge on any atom is -0.491 e. The number of nitrogens with zero attached hydrogens (tertiary/aromatic N) is 2. The lowest BCUT2D eigenvalue weighted by atomic mass is 10.0. The zero-order valence-electron chi connectivity index (χ0n) is 16.4. The number of ether oxygens (including phenoxy) is 1. The number of aliphatic hydroxyl groups is 1. The topological polar surface area (TPSA) is 35.9 Å². The highest BCUT2D eigenvalue weighted by atomic mass is 16.5. The first-order valence-corrected chi connectivity index (χ1v) is 10.0. The smallest absolute Gasteiger partial charge is 0.119 e. The van der Waals surface area contributed by atoms with Crippen molar-refractivity contribution in [1.82, 2.24) is 9.80 Å². The molecule has 3 rings (SSSR count). The zero-order valence-corrected chi connectivity index (χ0v) is 16.4. The number of hydrogen-bond donors (Lipinski definition) is 1. The van der Waals surface area contributed by atoms with Gasteiger partial charge in [0.05, 0.1) is 6.61 Å². The van der Waals surface area contributed by atoms with Crippen molar-refractivity contribution in [1.29, 1.82) is 0 Å². The highest BCUT2D eigenvalue weighted by Gasteiger charge is 2.23. The van der Waals surface area contributed by atoms with Crippen molar-refractivity contribution >= 4 is 0 Å². The Hall–Kier alpha value is -1.88. The van der Waals surface area contributed by atoms with E-state index in [1.165, 1.54) is 24.0 Å². The van der Waals surface area contributed by atoms with Gasteiger partial charge in [-0.1, -0.05) is 42.5 Å². The summed E-state index contributed by atoms with van der Waals surface area (Å²) in [5, 5.41) is 8.92. The maximum atomic E-state index is 8.92. The highest BCUT2D eigenvalue weighted by molar-refractivity contribution is 5.28. The molecule has 1 heterocycles. The van der Waals surface area contributed by atoms with Crippen molar-refractivity contribution in [2.75, 3.05) is 39.9 Å². The summed E-state index contributed by atoms with van der Waals surface area (Å²) in [6, 6.07) is 19.6. The fourth-order valence-corrected chi connectivity index (χ4v) is 3.82. The molecule has 0 aliphatic carbocycles. The van der Waals surface area contributed by atoms with Gasteiger partial charge in [-0.25, -0.2) is 0 Å². The molecule has 0 aromatic heterocycles. The third-order valence-electron chi connectivity index (χ3n) is 5.36. The van der Waals surface area contributed by atoms with Crippen molar-refractivity contribution in [3.63, 3.8) is 0 Å². The molecule has 146 valence electrons. The summed E-state index contributed by atoms with van der Waals surface area (Å²) < 4.78 is 5.54. The summed E-state index contributed by atoms with van der Waals surface area (Å²) in [4.78, 5) is 5.08. The van der Waals surface area contributed by atoms with Crippen molar-refractivity contribution < 1.29 is 9.84 Å². The normalized spacial score (nSPS) is 18.0. The predicted molar refractivity (Wildman–Crippen MR) is 110 cm³/mol. The van der Waals surface area contributed by atoms with E-state index in [0.717, 1.165) is 38.3 Å². The number of hydrogen-bond acceptors (Lipinski definition) is 4. The van der Waals surface area contributed by atoms with Crippen LogP contribution >= 0.6 is 0 Å². The summed E-state index contributed by atoms with van der Waals surface area (Å²) in [6.45, 7) is 4.74. The summed E-state index contributed by atoms with van der Waals surface area (Å²) in [7, 11) is 2.26. The lowest BCUT2D eigenvalue weighted by Gasteiger charge is -2.37. The Kier molecular flexibility index (Phi) is 7.69. The van der Waals surface area contributed by atoms with E-state index in [4.69, 9.17) is 9.84 Å². The van der Waals surface area contributed by atoms with Gasteiger partial charge in [0.15, 0.2) is 0 Å². The highest BCUT2D eigenvalue weighted by Crippen LogP contribution is 2.20. The summed E-state index contributed by atoms with van der Waals surface area (Å²) in [5.74, 6) is 0.843. The Bertz CT molecular complexity index is 677. The molecule has 0 bridgehead atoms. The van der Waals surface area contributed by atoms with Crippen LogP contribution in [0.15, 0.2) is 54.6 Å². The maximum absolute atomic E-state index is 8.92. The lowest BCUT2D eigenvalue weighted by molar-refractivity contribution is 0.112. The van der Waals surface area contributed by atoms with Gasteiger partial charge < -0.3 is 14.7 Å². The molecule has 0 spiro atoms. The average Bonchev–Trinajstić information content (AvgIpc) is 2.72. The lowest BCUT2D eigenvalue weighted by Crippen LogP contribution is -2.46. The van der Waals surface area contributed by atoms with E-state index in [2.05, 4.69) is 59.3 Å². The fraction of sp³-hybridized carbons (Fsp3) is 0.478. The molecule has 0 amide bonds. The third-order valence-corrected chi connectivity index (χ3v) is 5.36. The summed E-state index contributed by atoms with van der Waals surface area (Å²) in [6.07, 6.45) is 3.64. The molecule has 0 saturated carbocycles. The SMILES string of the molecule is CN(CCc1ccccc1)C1CCCN(Cc2cccc(OCCO)c2)C1. The van der Waals surface area contributed by atoms with Gasteiger partial charge in [0.25, 0.3) is 0 Å². The molecule has 4 nitrogen and oxygen atoms in total. The van der Waals surface area contributed by atoms with E-state index >= 15 is 0 Å². The van der Waals surface area contributed by atoms with Crippen LogP contribution in [-0.4, -0.2) is 60.8 Å². The van der Waals surface area contributed by atoms with Gasteiger partial charge in [-0.2, -0.15) is 0 Å². The van der Waals surface area contributed by atoms with E-state index in [1.807, 2.05) is 12.1 Å². The first-order chi connectivity index (χ1) is 13.2. The molecule has 1 N–H and O–H groups in total. The Morgan fingerprint density at radius 2 is 1.93 bits per heavy atom. The van der Waals surface area contributed by atoms with Crippen LogP contribution in [0.5, 0.6) is 5.75 Å². The molecule has 1 aliphatic rings. The molecule has 27 heavy (non-hydrogen) atoms. The minimum atomic E-state index is 0.0490. The Morgan fingerprint density at radius 1 is 1.11 bits per heavy atom. The molecule has 1 unspecified atom stereocenters. The van der Waals surface area contributed by atoms with E-state index in [0.29, 0.717) is 12.6 Å². The third kappa shape index (κ3) is 6.35. The average molecular weight is 369 g/mol. The van der Waals surface area contributed by atoms with Crippen LogP contribution in [0.25, 0.3) is 0 Å². The summed E-state index contributed by atoms with van der Waals surface area (Å²) in [5.41, 5.74) is 2.69. The number of piperidine rings is 1. The molecule has 1 aliphatic heterocycles. The van der Waals surface area contributed by atoms with Gasteiger partial charge in [0.1, 0.15) is 12.4 Å². The number of benzene rings is 2. The van der Waals surface area contributed by atoms with Gasteiger partial charge >= 0.3 is 0 Å². The number of aliphatic hydroxyl groups excluding tert-OH is 1. The van der Waals surface area contributed by atoms with Crippen LogP contribution in [-0.2, 0) is 13.0 Å². The van der Waals surface area contributed by atoms with Crippen LogP contribution in [0.3, 0.4) is 0 Å². The fourth-order valence-electron chi connectivity index (χ4n) is 3.82. The second kappa shape index (κ2) is 10.5. The van der Waals surface area contributed by atoms with Gasteiger partial charge in [0, 0.05) is 25.7 Å². The van der Waals surface area contributed by atoms with E-state index in [1.54, 1.807) is 0 Å².